The predicted octanol–water partition coefficient (Wildman–Crippen LogP) is 3.69. The smallest absolute Gasteiger partial charge is 0.295 e. The number of nitro groups is 1. The van der Waals surface area contributed by atoms with Crippen molar-refractivity contribution >= 4 is 36.6 Å². The molecular weight excluding hydrogens is 364 g/mol. The van der Waals surface area contributed by atoms with Crippen molar-refractivity contribution < 1.29 is 14.0 Å². The van der Waals surface area contributed by atoms with Gasteiger partial charge in [-0.1, -0.05) is 0 Å². The van der Waals surface area contributed by atoms with Gasteiger partial charge < -0.3 is 0 Å². The number of alkyl halides is 2. The summed E-state index contributed by atoms with van der Waals surface area (Å²) in [4.78, 5) is 10.2. The molecule has 0 fully saturated rings. The first-order valence-corrected chi connectivity index (χ1v) is 9.57. The normalized spacial score (nSPS) is 14.7. The SMILES string of the molecule is CC(C)(OP(N)(=O)N(CCCl)CCCl)c1ccc([N+](=O)[O-])cc1. The van der Waals surface area contributed by atoms with Crippen LogP contribution in [0.3, 0.4) is 0 Å². The van der Waals surface area contributed by atoms with Gasteiger partial charge in [-0.15, -0.1) is 23.2 Å². The molecule has 0 bridgehead atoms. The second-order valence-corrected chi connectivity index (χ2v) is 7.93. The highest BCUT2D eigenvalue weighted by atomic mass is 35.5. The molecule has 0 saturated carbocycles. The van der Waals surface area contributed by atoms with Crippen LogP contribution in [0, 0.1) is 10.1 Å². The van der Waals surface area contributed by atoms with Gasteiger partial charge in [-0.3, -0.25) is 19.2 Å². The van der Waals surface area contributed by atoms with Crippen LogP contribution in [-0.4, -0.2) is 34.4 Å². The van der Waals surface area contributed by atoms with Gasteiger partial charge in [0.05, 0.1) is 10.5 Å². The van der Waals surface area contributed by atoms with E-state index in [-0.39, 0.29) is 30.5 Å². The molecule has 130 valence electrons. The Labute approximate surface area is 145 Å². The van der Waals surface area contributed by atoms with Gasteiger partial charge in [-0.2, -0.15) is 0 Å². The molecule has 0 aromatic heterocycles. The van der Waals surface area contributed by atoms with Crippen molar-refractivity contribution in [3.05, 3.63) is 39.9 Å². The minimum Gasteiger partial charge on any atom is -0.295 e. The van der Waals surface area contributed by atoms with Crippen molar-refractivity contribution in [1.82, 2.24) is 4.67 Å². The number of nitrogens with zero attached hydrogens (tertiary/aromatic N) is 2. The molecule has 0 spiro atoms. The highest BCUT2D eigenvalue weighted by molar-refractivity contribution is 7.53. The third kappa shape index (κ3) is 5.71. The number of nitrogens with two attached hydrogens (primary N) is 1. The topological polar surface area (TPSA) is 98.7 Å². The van der Waals surface area contributed by atoms with Gasteiger partial charge in [0.15, 0.2) is 0 Å². The molecule has 7 nitrogen and oxygen atoms in total. The zero-order chi connectivity index (χ0) is 17.7. The summed E-state index contributed by atoms with van der Waals surface area (Å²) in [6.45, 7) is 3.93. The average molecular weight is 384 g/mol. The number of non-ortho nitro benzene ring substituents is 1. The van der Waals surface area contributed by atoms with Crippen molar-refractivity contribution in [2.75, 3.05) is 24.8 Å². The van der Waals surface area contributed by atoms with E-state index in [0.717, 1.165) is 0 Å². The average Bonchev–Trinajstić information content (AvgIpc) is 2.46. The fraction of sp³-hybridized carbons (Fsp3) is 0.538. The van der Waals surface area contributed by atoms with E-state index in [4.69, 9.17) is 33.2 Å². The minimum atomic E-state index is -3.62. The summed E-state index contributed by atoms with van der Waals surface area (Å²) in [6, 6.07) is 5.81. The Hall–Kier alpha value is -0.690. The van der Waals surface area contributed by atoms with E-state index in [9.17, 15) is 14.7 Å². The summed E-state index contributed by atoms with van der Waals surface area (Å²) < 4.78 is 19.8. The summed E-state index contributed by atoms with van der Waals surface area (Å²) in [6.07, 6.45) is 0. The Morgan fingerprint density at radius 3 is 2.13 bits per heavy atom. The van der Waals surface area contributed by atoms with Crippen LogP contribution in [0.2, 0.25) is 0 Å². The molecule has 1 atom stereocenters. The van der Waals surface area contributed by atoms with Crippen molar-refractivity contribution in [2.45, 2.75) is 19.4 Å². The number of benzene rings is 1. The molecular formula is C13H20Cl2N3O4P. The summed E-state index contributed by atoms with van der Waals surface area (Å²) >= 11 is 11.4. The third-order valence-electron chi connectivity index (χ3n) is 3.21. The maximum atomic E-state index is 12.7. The lowest BCUT2D eigenvalue weighted by Gasteiger charge is -2.34. The highest BCUT2D eigenvalue weighted by Crippen LogP contribution is 2.49. The van der Waals surface area contributed by atoms with Gasteiger partial charge >= 0.3 is 7.67 Å². The Bertz CT molecular complexity index is 577. The molecule has 0 amide bonds. The lowest BCUT2D eigenvalue weighted by Crippen LogP contribution is -2.33. The number of nitro benzene ring substituents is 1. The Kier molecular flexibility index (Phi) is 7.45. The number of hydrogen-bond donors (Lipinski definition) is 1. The van der Waals surface area contributed by atoms with Gasteiger partial charge in [-0.25, -0.2) is 10.2 Å². The van der Waals surface area contributed by atoms with E-state index in [2.05, 4.69) is 0 Å². The molecule has 0 saturated heterocycles. The summed E-state index contributed by atoms with van der Waals surface area (Å²) in [7, 11) is -3.62. The monoisotopic (exact) mass is 383 g/mol. The molecule has 0 aliphatic rings. The zero-order valence-electron chi connectivity index (χ0n) is 12.9. The first-order chi connectivity index (χ1) is 10.6. The first-order valence-electron chi connectivity index (χ1n) is 6.85. The summed E-state index contributed by atoms with van der Waals surface area (Å²) in [5, 5.41) is 10.7. The third-order valence-corrected chi connectivity index (χ3v) is 5.46. The van der Waals surface area contributed by atoms with Crippen molar-refractivity contribution in [2.24, 2.45) is 5.50 Å². The van der Waals surface area contributed by atoms with E-state index in [1.165, 1.54) is 16.8 Å². The van der Waals surface area contributed by atoms with Crippen LogP contribution in [0.5, 0.6) is 0 Å². The molecule has 0 radical (unpaired) electrons. The lowest BCUT2D eigenvalue weighted by atomic mass is 9.98. The maximum Gasteiger partial charge on any atom is 0.341 e. The number of hydrogen-bond acceptors (Lipinski definition) is 4. The largest absolute Gasteiger partial charge is 0.341 e. The van der Waals surface area contributed by atoms with E-state index in [1.54, 1.807) is 26.0 Å². The van der Waals surface area contributed by atoms with Crippen LogP contribution in [0.15, 0.2) is 24.3 Å². The van der Waals surface area contributed by atoms with Gasteiger partial charge in [0.25, 0.3) is 5.69 Å². The molecule has 0 heterocycles. The van der Waals surface area contributed by atoms with Crippen LogP contribution < -0.4 is 5.50 Å². The lowest BCUT2D eigenvalue weighted by molar-refractivity contribution is -0.384. The van der Waals surface area contributed by atoms with E-state index in [0.29, 0.717) is 5.56 Å². The Morgan fingerprint density at radius 2 is 1.74 bits per heavy atom. The number of halogens is 2. The van der Waals surface area contributed by atoms with Crippen LogP contribution in [-0.2, 0) is 14.7 Å². The van der Waals surface area contributed by atoms with Crippen LogP contribution in [0.4, 0.5) is 5.69 Å². The molecule has 1 aromatic carbocycles. The van der Waals surface area contributed by atoms with Gasteiger partial charge in [0.2, 0.25) is 0 Å². The number of rotatable bonds is 9. The van der Waals surface area contributed by atoms with Crippen molar-refractivity contribution in [1.29, 1.82) is 0 Å². The molecule has 1 unspecified atom stereocenters. The van der Waals surface area contributed by atoms with Gasteiger partial charge in [0, 0.05) is 37.0 Å². The highest BCUT2D eigenvalue weighted by Gasteiger charge is 2.35. The molecule has 23 heavy (non-hydrogen) atoms. The minimum absolute atomic E-state index is 0.0358. The second kappa shape index (κ2) is 8.42. The van der Waals surface area contributed by atoms with Crippen molar-refractivity contribution in [3.63, 3.8) is 0 Å². The van der Waals surface area contributed by atoms with Crippen LogP contribution in [0.1, 0.15) is 19.4 Å². The molecule has 1 aromatic rings. The Morgan fingerprint density at radius 1 is 1.26 bits per heavy atom. The standard InChI is InChI=1S/C13H20Cl2N3O4P/c1-13(2,11-3-5-12(6-4-11)18(19)20)22-23(16,21)17(9-7-14)10-8-15/h3-6H,7-10H2,1-2H3,(H2,16,21). The molecule has 0 aliphatic carbocycles. The molecule has 2 N–H and O–H groups in total. The quantitative estimate of drug-likeness (QED) is 0.302. The van der Waals surface area contributed by atoms with E-state index < -0.39 is 18.2 Å². The fourth-order valence-corrected chi connectivity index (χ4v) is 4.28. The zero-order valence-corrected chi connectivity index (χ0v) is 15.4. The Balaban J connectivity index is 2.98. The summed E-state index contributed by atoms with van der Waals surface area (Å²) in [5.41, 5.74) is 5.45. The van der Waals surface area contributed by atoms with Gasteiger partial charge in [-0.05, 0) is 31.5 Å². The van der Waals surface area contributed by atoms with Crippen LogP contribution >= 0.6 is 30.9 Å². The van der Waals surface area contributed by atoms with Gasteiger partial charge in [0.1, 0.15) is 0 Å². The van der Waals surface area contributed by atoms with E-state index in [1.807, 2.05) is 0 Å². The van der Waals surface area contributed by atoms with Crippen LogP contribution in [0.25, 0.3) is 0 Å². The van der Waals surface area contributed by atoms with E-state index >= 15 is 0 Å². The summed E-state index contributed by atoms with van der Waals surface area (Å²) in [5.74, 6) is 0.471. The molecule has 10 heteroatoms. The van der Waals surface area contributed by atoms with Crippen molar-refractivity contribution in [3.8, 4) is 0 Å². The second-order valence-electron chi connectivity index (χ2n) is 5.30. The fourth-order valence-electron chi connectivity index (χ4n) is 2.01. The molecule has 1 rings (SSSR count). The first kappa shape index (κ1) is 20.4. The predicted molar refractivity (Wildman–Crippen MR) is 92.0 cm³/mol. The maximum absolute atomic E-state index is 12.7. The molecule has 0 aliphatic heterocycles.